The first-order chi connectivity index (χ1) is 11.6. The lowest BCUT2D eigenvalue weighted by Crippen LogP contribution is -2.41. The normalized spacial score (nSPS) is 11.3. The van der Waals surface area contributed by atoms with Crippen molar-refractivity contribution in [3.63, 3.8) is 0 Å². The summed E-state index contributed by atoms with van der Waals surface area (Å²) in [5.74, 6) is 1.98. The van der Waals surface area contributed by atoms with Crippen LogP contribution in [0.2, 0.25) is 0 Å². The molecule has 0 atom stereocenters. The molecule has 0 saturated carbocycles. The largest absolute Gasteiger partial charge is 0.497 e. The van der Waals surface area contributed by atoms with Crippen molar-refractivity contribution in [2.75, 3.05) is 33.3 Å². The topological polar surface area (TPSA) is 74.8 Å². The SMILES string of the molecule is CCNC(=NCCC(C)C)NCCNC(=O)c1cccc(OC)c1. The first-order valence-corrected chi connectivity index (χ1v) is 8.51. The summed E-state index contributed by atoms with van der Waals surface area (Å²) < 4.78 is 5.13. The predicted octanol–water partition coefficient (Wildman–Crippen LogP) is 2.03. The number of hydrogen-bond donors (Lipinski definition) is 3. The van der Waals surface area contributed by atoms with Crippen LogP contribution in [-0.2, 0) is 0 Å². The Morgan fingerprint density at radius 2 is 1.96 bits per heavy atom. The summed E-state index contributed by atoms with van der Waals surface area (Å²) in [5, 5.41) is 9.31. The number of nitrogens with zero attached hydrogens (tertiary/aromatic N) is 1. The molecular weight excluding hydrogens is 304 g/mol. The van der Waals surface area contributed by atoms with Crippen LogP contribution >= 0.6 is 0 Å². The van der Waals surface area contributed by atoms with Gasteiger partial charge in [0.2, 0.25) is 0 Å². The fraction of sp³-hybridized carbons (Fsp3) is 0.556. The number of benzene rings is 1. The van der Waals surface area contributed by atoms with Gasteiger partial charge in [-0.2, -0.15) is 0 Å². The van der Waals surface area contributed by atoms with Gasteiger partial charge in [-0.15, -0.1) is 0 Å². The van der Waals surface area contributed by atoms with Crippen molar-refractivity contribution in [2.24, 2.45) is 10.9 Å². The minimum absolute atomic E-state index is 0.113. The van der Waals surface area contributed by atoms with Crippen molar-refractivity contribution < 1.29 is 9.53 Å². The van der Waals surface area contributed by atoms with Gasteiger partial charge < -0.3 is 20.7 Å². The monoisotopic (exact) mass is 334 g/mol. The molecule has 0 bridgehead atoms. The Bertz CT molecular complexity index is 530. The van der Waals surface area contributed by atoms with Gasteiger partial charge in [0.1, 0.15) is 5.75 Å². The van der Waals surface area contributed by atoms with Gasteiger partial charge in [-0.1, -0.05) is 19.9 Å². The standard InChI is InChI=1S/C18H30N4O2/c1-5-19-18(21-10-9-14(2)3)22-12-11-20-17(23)15-7-6-8-16(13-15)24-4/h6-8,13-14H,5,9-12H2,1-4H3,(H,20,23)(H2,19,21,22). The van der Waals surface area contributed by atoms with E-state index in [0.717, 1.165) is 25.5 Å². The van der Waals surface area contributed by atoms with Gasteiger partial charge in [0, 0.05) is 31.7 Å². The zero-order valence-electron chi connectivity index (χ0n) is 15.2. The van der Waals surface area contributed by atoms with E-state index in [4.69, 9.17) is 4.74 Å². The first kappa shape index (κ1) is 19.8. The molecule has 1 amide bonds. The molecule has 3 N–H and O–H groups in total. The Morgan fingerprint density at radius 1 is 1.21 bits per heavy atom. The molecule has 1 aromatic rings. The molecule has 1 rings (SSSR count). The minimum atomic E-state index is -0.113. The molecule has 1 aromatic carbocycles. The van der Waals surface area contributed by atoms with Crippen molar-refractivity contribution in [2.45, 2.75) is 27.2 Å². The van der Waals surface area contributed by atoms with E-state index >= 15 is 0 Å². The molecule has 0 spiro atoms. The van der Waals surface area contributed by atoms with E-state index in [-0.39, 0.29) is 5.91 Å². The maximum atomic E-state index is 12.1. The van der Waals surface area contributed by atoms with Crippen molar-refractivity contribution in [1.82, 2.24) is 16.0 Å². The lowest BCUT2D eigenvalue weighted by molar-refractivity contribution is 0.0954. The molecule has 0 aliphatic carbocycles. The fourth-order valence-electron chi connectivity index (χ4n) is 2.00. The molecule has 24 heavy (non-hydrogen) atoms. The molecule has 0 aromatic heterocycles. The van der Waals surface area contributed by atoms with E-state index in [1.54, 1.807) is 25.3 Å². The highest BCUT2D eigenvalue weighted by Gasteiger charge is 2.06. The molecule has 0 fully saturated rings. The molecule has 6 nitrogen and oxygen atoms in total. The van der Waals surface area contributed by atoms with Crippen molar-refractivity contribution in [3.8, 4) is 5.75 Å². The smallest absolute Gasteiger partial charge is 0.251 e. The number of hydrogen-bond acceptors (Lipinski definition) is 3. The zero-order valence-corrected chi connectivity index (χ0v) is 15.2. The molecule has 0 heterocycles. The van der Waals surface area contributed by atoms with Gasteiger partial charge in [-0.05, 0) is 37.5 Å². The van der Waals surface area contributed by atoms with Crippen LogP contribution in [0.25, 0.3) is 0 Å². The lowest BCUT2D eigenvalue weighted by atomic mass is 10.1. The van der Waals surface area contributed by atoms with Crippen LogP contribution in [0.3, 0.4) is 0 Å². The third-order valence-electron chi connectivity index (χ3n) is 3.36. The maximum Gasteiger partial charge on any atom is 0.251 e. The summed E-state index contributed by atoms with van der Waals surface area (Å²) in [6, 6.07) is 7.11. The molecule has 0 saturated heterocycles. The van der Waals surface area contributed by atoms with Gasteiger partial charge in [-0.25, -0.2) is 0 Å². The van der Waals surface area contributed by atoms with Gasteiger partial charge in [0.25, 0.3) is 5.91 Å². The summed E-state index contributed by atoms with van der Waals surface area (Å²) in [7, 11) is 1.59. The summed E-state index contributed by atoms with van der Waals surface area (Å²) >= 11 is 0. The van der Waals surface area contributed by atoms with Crippen LogP contribution in [0.1, 0.15) is 37.6 Å². The van der Waals surface area contributed by atoms with E-state index in [1.165, 1.54) is 0 Å². The van der Waals surface area contributed by atoms with E-state index < -0.39 is 0 Å². The third kappa shape index (κ3) is 7.85. The Hall–Kier alpha value is -2.24. The molecule has 134 valence electrons. The average molecular weight is 334 g/mol. The second kappa shape index (κ2) is 11.3. The van der Waals surface area contributed by atoms with E-state index in [1.807, 2.05) is 13.0 Å². The number of carbonyl (C=O) groups is 1. The summed E-state index contributed by atoms with van der Waals surface area (Å²) in [6.07, 6.45) is 1.06. The highest BCUT2D eigenvalue weighted by Crippen LogP contribution is 2.12. The van der Waals surface area contributed by atoms with Gasteiger partial charge in [-0.3, -0.25) is 9.79 Å². The molecule has 0 aliphatic heterocycles. The highest BCUT2D eigenvalue weighted by atomic mass is 16.5. The zero-order chi connectivity index (χ0) is 17.8. The Morgan fingerprint density at radius 3 is 2.62 bits per heavy atom. The number of ether oxygens (including phenoxy) is 1. The number of nitrogens with one attached hydrogen (secondary N) is 3. The van der Waals surface area contributed by atoms with Gasteiger partial charge >= 0.3 is 0 Å². The average Bonchev–Trinajstić information content (AvgIpc) is 2.58. The number of methoxy groups -OCH3 is 1. The van der Waals surface area contributed by atoms with Crippen molar-refractivity contribution in [1.29, 1.82) is 0 Å². The van der Waals surface area contributed by atoms with Gasteiger partial charge in [0.05, 0.1) is 7.11 Å². The maximum absolute atomic E-state index is 12.1. The summed E-state index contributed by atoms with van der Waals surface area (Å²) in [5.41, 5.74) is 0.590. The van der Waals surface area contributed by atoms with Crippen molar-refractivity contribution >= 4 is 11.9 Å². The van der Waals surface area contributed by atoms with Crippen LogP contribution in [0.15, 0.2) is 29.3 Å². The van der Waals surface area contributed by atoms with Crippen LogP contribution in [0, 0.1) is 5.92 Å². The molecule has 0 radical (unpaired) electrons. The predicted molar refractivity (Wildman–Crippen MR) is 98.8 cm³/mol. The molecule has 0 aliphatic rings. The molecule has 6 heteroatoms. The second-order valence-corrected chi connectivity index (χ2v) is 5.86. The number of aliphatic imine (C=N–C) groups is 1. The van der Waals surface area contributed by atoms with Crippen LogP contribution < -0.4 is 20.7 Å². The Balaban J connectivity index is 2.37. The molecule has 0 unspecified atom stereocenters. The number of carbonyl (C=O) groups excluding carboxylic acids is 1. The number of rotatable bonds is 9. The lowest BCUT2D eigenvalue weighted by Gasteiger charge is -2.12. The van der Waals surface area contributed by atoms with Crippen LogP contribution in [0.4, 0.5) is 0 Å². The quantitative estimate of drug-likeness (QED) is 0.367. The second-order valence-electron chi connectivity index (χ2n) is 5.86. The highest BCUT2D eigenvalue weighted by molar-refractivity contribution is 5.94. The fourth-order valence-corrected chi connectivity index (χ4v) is 2.00. The molecular formula is C18H30N4O2. The first-order valence-electron chi connectivity index (χ1n) is 8.51. The van der Waals surface area contributed by atoms with Crippen LogP contribution in [0.5, 0.6) is 5.75 Å². The third-order valence-corrected chi connectivity index (χ3v) is 3.36. The van der Waals surface area contributed by atoms with Crippen LogP contribution in [-0.4, -0.2) is 45.2 Å². The Kier molecular flexibility index (Phi) is 9.34. The van der Waals surface area contributed by atoms with E-state index in [0.29, 0.717) is 30.3 Å². The number of guanidine groups is 1. The minimum Gasteiger partial charge on any atom is -0.497 e. The Labute approximate surface area is 145 Å². The summed E-state index contributed by atoms with van der Waals surface area (Å²) in [4.78, 5) is 16.6. The summed E-state index contributed by atoms with van der Waals surface area (Å²) in [6.45, 7) is 9.14. The van der Waals surface area contributed by atoms with E-state index in [9.17, 15) is 4.79 Å². The van der Waals surface area contributed by atoms with Gasteiger partial charge in [0.15, 0.2) is 5.96 Å². The number of amides is 1. The van der Waals surface area contributed by atoms with E-state index in [2.05, 4.69) is 34.8 Å². The van der Waals surface area contributed by atoms with Crippen molar-refractivity contribution in [3.05, 3.63) is 29.8 Å².